The molecule has 0 nitrogen and oxygen atoms in total. The van der Waals surface area contributed by atoms with Crippen LogP contribution in [-0.2, 0) is 0 Å². The van der Waals surface area contributed by atoms with E-state index in [-0.39, 0.29) is 0 Å². The zero-order chi connectivity index (χ0) is 8.22. The van der Waals surface area contributed by atoms with Crippen LogP contribution >= 0.6 is 0 Å². The van der Waals surface area contributed by atoms with E-state index < -0.39 is 0 Å². The topological polar surface area (TPSA) is 0 Å². The van der Waals surface area contributed by atoms with Crippen molar-refractivity contribution in [2.75, 3.05) is 0 Å². The normalized spacial score (nSPS) is 53.5. The monoisotopic (exact) mass is 214 g/mol. The first-order chi connectivity index (χ1) is 5.03. The number of fused-ring (bicyclic) bond motifs is 2. The fraction of sp³-hybridized carbons (Fsp3) is 1.00. The van der Waals surface area contributed by atoms with E-state index >= 15 is 0 Å². The van der Waals surface area contributed by atoms with Crippen LogP contribution in [0.2, 0.25) is 4.71 Å². The molecule has 0 saturated heterocycles. The fourth-order valence-corrected chi connectivity index (χ4v) is 4.44. The molecule has 0 amide bonds. The van der Waals surface area contributed by atoms with Gasteiger partial charge in [-0.25, -0.2) is 0 Å². The van der Waals surface area contributed by atoms with E-state index in [0.717, 1.165) is 22.5 Å². The van der Waals surface area contributed by atoms with Gasteiger partial charge < -0.3 is 0 Å². The molecule has 0 aromatic carbocycles. The third-order valence-corrected chi connectivity index (χ3v) is 6.26. The summed E-state index contributed by atoms with van der Waals surface area (Å²) in [4.78, 5) is 0. The summed E-state index contributed by atoms with van der Waals surface area (Å²) in [5.74, 6) is 3.13. The molecule has 1 heteroatoms. The van der Waals surface area contributed by atoms with Gasteiger partial charge in [0.2, 0.25) is 0 Å². The third-order valence-electron chi connectivity index (χ3n) is 4.41. The van der Waals surface area contributed by atoms with Crippen LogP contribution in [0.3, 0.4) is 0 Å². The quantitative estimate of drug-likeness (QED) is 0.542. The second-order valence-electron chi connectivity index (χ2n) is 5.12. The average Bonchev–Trinajstić information content (AvgIpc) is 1.93. The molecule has 3 saturated carbocycles. The molecule has 0 radical (unpaired) electrons. The predicted molar refractivity (Wildman–Crippen MR) is 51.5 cm³/mol. The number of hydrogen-bond donors (Lipinski definition) is 0. The molecule has 11 heavy (non-hydrogen) atoms. The van der Waals surface area contributed by atoms with Gasteiger partial charge in [-0.2, -0.15) is 0 Å². The van der Waals surface area contributed by atoms with Gasteiger partial charge >= 0.3 is 78.3 Å². The summed E-state index contributed by atoms with van der Waals surface area (Å²) in [7, 11) is 0. The Hall–Kier alpha value is 0.558. The van der Waals surface area contributed by atoms with Crippen molar-refractivity contribution in [2.24, 2.45) is 23.2 Å². The average molecular weight is 214 g/mol. The van der Waals surface area contributed by atoms with Crippen molar-refractivity contribution in [1.82, 2.24) is 0 Å². The van der Waals surface area contributed by atoms with Gasteiger partial charge in [0.1, 0.15) is 0 Å². The predicted octanol–water partition coefficient (Wildman–Crippen LogP) is 2.11. The minimum atomic E-state index is 0.696. The Morgan fingerprint density at radius 1 is 1.27 bits per heavy atom. The summed E-state index contributed by atoms with van der Waals surface area (Å²) >= 11 is 1.98. The molecular weight excluding hydrogens is 195 g/mol. The van der Waals surface area contributed by atoms with Gasteiger partial charge in [-0.15, -0.1) is 0 Å². The van der Waals surface area contributed by atoms with E-state index in [1.165, 1.54) is 12.8 Å². The molecule has 64 valence electrons. The van der Waals surface area contributed by atoms with Gasteiger partial charge in [-0.05, 0) is 0 Å². The molecule has 0 spiro atoms. The van der Waals surface area contributed by atoms with Crippen LogP contribution in [-0.4, -0.2) is 16.9 Å². The molecule has 5 atom stereocenters. The fourth-order valence-electron chi connectivity index (χ4n) is 3.19. The summed E-state index contributed by atoms with van der Waals surface area (Å²) < 4.78 is 1.05. The summed E-state index contributed by atoms with van der Waals surface area (Å²) in [5, 5.41) is 0. The van der Waals surface area contributed by atoms with E-state index in [1.54, 1.807) is 0 Å². The van der Waals surface area contributed by atoms with Gasteiger partial charge in [0.25, 0.3) is 0 Å². The second kappa shape index (κ2) is 2.28. The van der Waals surface area contributed by atoms with Crippen LogP contribution in [0.5, 0.6) is 0 Å². The standard InChI is InChI=1S/C10H19As/c1-6-8-4-7(5-9(6)11)10(8,2)3/h6-9H,4-5,11H2,1-3H3. The van der Waals surface area contributed by atoms with Crippen LogP contribution in [0.25, 0.3) is 0 Å². The molecule has 2 bridgehead atoms. The molecule has 3 rings (SSSR count). The Labute approximate surface area is 78.6 Å². The molecule has 3 fully saturated rings. The van der Waals surface area contributed by atoms with E-state index in [2.05, 4.69) is 20.8 Å². The third kappa shape index (κ3) is 0.948. The van der Waals surface area contributed by atoms with Gasteiger partial charge in [-0.3, -0.25) is 0 Å². The van der Waals surface area contributed by atoms with E-state index in [1.807, 2.05) is 16.9 Å². The second-order valence-corrected chi connectivity index (χ2v) is 6.92. The van der Waals surface area contributed by atoms with Gasteiger partial charge in [0, 0.05) is 0 Å². The van der Waals surface area contributed by atoms with Crippen LogP contribution in [0.15, 0.2) is 0 Å². The van der Waals surface area contributed by atoms with E-state index in [4.69, 9.17) is 0 Å². The SMILES string of the molecule is CC1C([AsH2])CC2CC1C2(C)C. The summed E-state index contributed by atoms with van der Waals surface area (Å²) in [6.45, 7) is 7.41. The van der Waals surface area contributed by atoms with Crippen molar-refractivity contribution >= 4 is 16.9 Å². The first kappa shape index (κ1) is 8.17. The molecule has 0 aromatic rings. The van der Waals surface area contributed by atoms with Gasteiger partial charge in [0.15, 0.2) is 0 Å². The van der Waals surface area contributed by atoms with Crippen molar-refractivity contribution in [3.63, 3.8) is 0 Å². The van der Waals surface area contributed by atoms with E-state index in [0.29, 0.717) is 5.41 Å². The summed E-state index contributed by atoms with van der Waals surface area (Å²) in [6.07, 6.45) is 3.05. The molecule has 5 unspecified atom stereocenters. The van der Waals surface area contributed by atoms with Gasteiger partial charge in [-0.1, -0.05) is 0 Å². The summed E-state index contributed by atoms with van der Waals surface area (Å²) in [5.41, 5.74) is 0.696. The van der Waals surface area contributed by atoms with Crippen molar-refractivity contribution in [2.45, 2.75) is 38.3 Å². The Balaban J connectivity index is 2.17. The van der Waals surface area contributed by atoms with E-state index in [9.17, 15) is 0 Å². The van der Waals surface area contributed by atoms with Crippen molar-refractivity contribution in [3.8, 4) is 0 Å². The van der Waals surface area contributed by atoms with Crippen LogP contribution in [0.1, 0.15) is 33.6 Å². The Morgan fingerprint density at radius 2 is 1.91 bits per heavy atom. The molecule has 0 heterocycles. The van der Waals surface area contributed by atoms with Crippen molar-refractivity contribution in [3.05, 3.63) is 0 Å². The first-order valence-electron chi connectivity index (χ1n) is 4.79. The van der Waals surface area contributed by atoms with Gasteiger partial charge in [0.05, 0.1) is 0 Å². The maximum atomic E-state index is 2.47. The Morgan fingerprint density at radius 3 is 2.27 bits per heavy atom. The first-order valence-corrected chi connectivity index (χ1v) is 6.19. The molecule has 0 N–H and O–H groups in total. The summed E-state index contributed by atoms with van der Waals surface area (Å²) in [6, 6.07) is 0. The van der Waals surface area contributed by atoms with Crippen molar-refractivity contribution < 1.29 is 0 Å². The number of rotatable bonds is 0. The minimum absolute atomic E-state index is 0.696. The Bertz CT molecular complexity index is 174. The Kier molecular flexibility index (Phi) is 1.70. The van der Waals surface area contributed by atoms with Crippen LogP contribution < -0.4 is 0 Å². The number of hydrogen-bond acceptors (Lipinski definition) is 0. The molecule has 0 aliphatic heterocycles. The van der Waals surface area contributed by atoms with Crippen molar-refractivity contribution in [1.29, 1.82) is 0 Å². The zero-order valence-corrected chi connectivity index (χ0v) is 10.2. The van der Waals surface area contributed by atoms with Crippen LogP contribution in [0, 0.1) is 23.2 Å². The molecule has 3 aliphatic rings. The maximum absolute atomic E-state index is 2.47. The van der Waals surface area contributed by atoms with Crippen LogP contribution in [0.4, 0.5) is 0 Å². The molecular formula is C10H19As. The molecule has 3 aliphatic carbocycles. The molecule has 0 aromatic heterocycles. The zero-order valence-electron chi connectivity index (χ0n) is 7.80.